The second-order valence-corrected chi connectivity index (χ2v) is 5.77. The molecule has 6 heteroatoms. The van der Waals surface area contributed by atoms with Crippen LogP contribution in [0.1, 0.15) is 11.1 Å². The number of hydrogen-bond acceptors (Lipinski definition) is 3. The number of nitrogens with one attached hydrogen (secondary N) is 1. The third-order valence-electron chi connectivity index (χ3n) is 3.05. The second kappa shape index (κ2) is 7.99. The maximum absolute atomic E-state index is 11.8. The van der Waals surface area contributed by atoms with Gasteiger partial charge in [0, 0.05) is 21.3 Å². The summed E-state index contributed by atoms with van der Waals surface area (Å²) >= 11 is 12.0. The maximum Gasteiger partial charge on any atom is 0.310 e. The Labute approximate surface area is 144 Å². The zero-order chi connectivity index (χ0) is 16.8. The molecule has 0 aliphatic heterocycles. The number of hydrogen-bond donors (Lipinski definition) is 1. The van der Waals surface area contributed by atoms with Gasteiger partial charge in [0.25, 0.3) is 5.91 Å². The Balaban J connectivity index is 1.85. The molecule has 23 heavy (non-hydrogen) atoms. The van der Waals surface area contributed by atoms with Crippen LogP contribution in [0.15, 0.2) is 42.5 Å². The number of ether oxygens (including phenoxy) is 1. The molecule has 0 heterocycles. The minimum absolute atomic E-state index is 0.0871. The van der Waals surface area contributed by atoms with Gasteiger partial charge in [0.2, 0.25) is 0 Å². The SMILES string of the molecule is Cc1cccc(NC(=O)COC(=O)Cc2c(Cl)cccc2Cl)c1. The zero-order valence-electron chi connectivity index (χ0n) is 12.4. The number of anilines is 1. The van der Waals surface area contributed by atoms with E-state index in [9.17, 15) is 9.59 Å². The quantitative estimate of drug-likeness (QED) is 0.827. The summed E-state index contributed by atoms with van der Waals surface area (Å²) in [6.45, 7) is 1.55. The number of carbonyl (C=O) groups excluding carboxylic acids is 2. The van der Waals surface area contributed by atoms with E-state index in [4.69, 9.17) is 27.9 Å². The number of aryl methyl sites for hydroxylation is 1. The third kappa shape index (κ3) is 5.27. The molecule has 2 aromatic carbocycles. The Bertz CT molecular complexity index is 711. The topological polar surface area (TPSA) is 55.4 Å². The summed E-state index contributed by atoms with van der Waals surface area (Å²) in [6.07, 6.45) is -0.0871. The van der Waals surface area contributed by atoms with Crippen LogP contribution >= 0.6 is 23.2 Å². The Morgan fingerprint density at radius 3 is 2.39 bits per heavy atom. The minimum atomic E-state index is -0.570. The van der Waals surface area contributed by atoms with E-state index in [0.29, 0.717) is 21.3 Å². The van der Waals surface area contributed by atoms with Gasteiger partial charge in [-0.25, -0.2) is 0 Å². The van der Waals surface area contributed by atoms with Crippen molar-refractivity contribution in [3.05, 3.63) is 63.6 Å². The van der Waals surface area contributed by atoms with Crippen molar-refractivity contribution in [1.82, 2.24) is 0 Å². The van der Waals surface area contributed by atoms with Gasteiger partial charge in [-0.3, -0.25) is 9.59 Å². The molecule has 0 fully saturated rings. The molecule has 0 saturated heterocycles. The Morgan fingerprint density at radius 1 is 1.09 bits per heavy atom. The fourth-order valence-electron chi connectivity index (χ4n) is 1.96. The first-order valence-electron chi connectivity index (χ1n) is 6.91. The summed E-state index contributed by atoms with van der Waals surface area (Å²) in [6, 6.07) is 12.3. The van der Waals surface area contributed by atoms with Gasteiger partial charge in [-0.1, -0.05) is 41.4 Å². The van der Waals surface area contributed by atoms with Crippen LogP contribution in [-0.4, -0.2) is 18.5 Å². The molecule has 0 bridgehead atoms. The van der Waals surface area contributed by atoms with Gasteiger partial charge < -0.3 is 10.1 Å². The molecule has 0 spiro atoms. The summed E-state index contributed by atoms with van der Waals surface area (Å²) in [5.41, 5.74) is 2.16. The molecule has 120 valence electrons. The van der Waals surface area contributed by atoms with E-state index in [1.165, 1.54) is 0 Å². The van der Waals surface area contributed by atoms with E-state index in [2.05, 4.69) is 5.32 Å². The van der Waals surface area contributed by atoms with Gasteiger partial charge in [-0.15, -0.1) is 0 Å². The summed E-state index contributed by atoms with van der Waals surface area (Å²) in [4.78, 5) is 23.6. The van der Waals surface area contributed by atoms with Gasteiger partial charge in [-0.05, 0) is 36.8 Å². The third-order valence-corrected chi connectivity index (χ3v) is 3.76. The van der Waals surface area contributed by atoms with Crippen molar-refractivity contribution in [2.75, 3.05) is 11.9 Å². The molecule has 0 aromatic heterocycles. The fraction of sp³-hybridized carbons (Fsp3) is 0.176. The first-order valence-corrected chi connectivity index (χ1v) is 7.66. The molecule has 0 aliphatic rings. The van der Waals surface area contributed by atoms with Crippen LogP contribution in [-0.2, 0) is 20.7 Å². The average Bonchev–Trinajstić information content (AvgIpc) is 2.49. The molecule has 2 aromatic rings. The van der Waals surface area contributed by atoms with E-state index in [1.54, 1.807) is 24.3 Å². The molecular weight excluding hydrogens is 337 g/mol. The lowest BCUT2D eigenvalue weighted by molar-refractivity contribution is -0.146. The molecule has 0 aliphatic carbocycles. The number of halogens is 2. The first kappa shape index (κ1) is 17.3. The highest BCUT2D eigenvalue weighted by Gasteiger charge is 2.13. The van der Waals surface area contributed by atoms with E-state index in [0.717, 1.165) is 5.56 Å². The molecule has 1 amide bonds. The summed E-state index contributed by atoms with van der Waals surface area (Å²) in [7, 11) is 0. The monoisotopic (exact) mass is 351 g/mol. The smallest absolute Gasteiger partial charge is 0.310 e. The molecule has 4 nitrogen and oxygen atoms in total. The van der Waals surface area contributed by atoms with Crippen LogP contribution in [0.4, 0.5) is 5.69 Å². The predicted octanol–water partition coefficient (Wildman–Crippen LogP) is 4.03. The van der Waals surface area contributed by atoms with Crippen molar-refractivity contribution >= 4 is 40.8 Å². The van der Waals surface area contributed by atoms with E-state index in [-0.39, 0.29) is 13.0 Å². The maximum atomic E-state index is 11.8. The summed E-state index contributed by atoms with van der Waals surface area (Å²) in [5, 5.41) is 3.43. The van der Waals surface area contributed by atoms with Gasteiger partial charge >= 0.3 is 5.97 Å². The van der Waals surface area contributed by atoms with Crippen molar-refractivity contribution in [3.8, 4) is 0 Å². The number of rotatable bonds is 5. The molecular formula is C17H15Cl2NO3. The highest BCUT2D eigenvalue weighted by Crippen LogP contribution is 2.24. The van der Waals surface area contributed by atoms with Crippen LogP contribution in [0.2, 0.25) is 10.0 Å². The predicted molar refractivity (Wildman–Crippen MR) is 90.9 cm³/mol. The van der Waals surface area contributed by atoms with Gasteiger partial charge in [0.1, 0.15) is 0 Å². The lowest BCUT2D eigenvalue weighted by Crippen LogP contribution is -2.21. The molecule has 1 N–H and O–H groups in total. The number of amides is 1. The van der Waals surface area contributed by atoms with E-state index < -0.39 is 11.9 Å². The van der Waals surface area contributed by atoms with Crippen LogP contribution < -0.4 is 5.32 Å². The van der Waals surface area contributed by atoms with Crippen LogP contribution in [0.5, 0.6) is 0 Å². The molecule has 2 rings (SSSR count). The number of carbonyl (C=O) groups is 2. The standard InChI is InChI=1S/C17H15Cl2NO3/c1-11-4-2-5-12(8-11)20-16(21)10-23-17(22)9-13-14(18)6-3-7-15(13)19/h2-8H,9-10H2,1H3,(H,20,21). The largest absolute Gasteiger partial charge is 0.455 e. The fourth-order valence-corrected chi connectivity index (χ4v) is 2.49. The van der Waals surface area contributed by atoms with E-state index >= 15 is 0 Å². The Hall–Kier alpha value is -2.04. The minimum Gasteiger partial charge on any atom is -0.455 e. The molecule has 0 radical (unpaired) electrons. The summed E-state index contributed by atoms with van der Waals surface area (Å²) < 4.78 is 4.95. The molecule has 0 saturated carbocycles. The van der Waals surface area contributed by atoms with Crippen molar-refractivity contribution in [3.63, 3.8) is 0 Å². The van der Waals surface area contributed by atoms with Crippen molar-refractivity contribution in [1.29, 1.82) is 0 Å². The van der Waals surface area contributed by atoms with Crippen LogP contribution in [0.25, 0.3) is 0 Å². The average molecular weight is 352 g/mol. The van der Waals surface area contributed by atoms with Crippen LogP contribution in [0.3, 0.4) is 0 Å². The lowest BCUT2D eigenvalue weighted by Gasteiger charge is -2.08. The van der Waals surface area contributed by atoms with Crippen molar-refractivity contribution < 1.29 is 14.3 Å². The Morgan fingerprint density at radius 2 is 1.74 bits per heavy atom. The van der Waals surface area contributed by atoms with Gasteiger partial charge in [-0.2, -0.15) is 0 Å². The number of esters is 1. The molecule has 0 atom stereocenters. The lowest BCUT2D eigenvalue weighted by atomic mass is 10.1. The van der Waals surface area contributed by atoms with Crippen LogP contribution in [0, 0.1) is 6.92 Å². The normalized spacial score (nSPS) is 10.2. The summed E-state index contributed by atoms with van der Waals surface area (Å²) in [5.74, 6) is -0.978. The van der Waals surface area contributed by atoms with Gasteiger partial charge in [0.05, 0.1) is 6.42 Å². The number of benzene rings is 2. The zero-order valence-corrected chi connectivity index (χ0v) is 13.9. The highest BCUT2D eigenvalue weighted by molar-refractivity contribution is 6.36. The molecule has 0 unspecified atom stereocenters. The van der Waals surface area contributed by atoms with Crippen molar-refractivity contribution in [2.24, 2.45) is 0 Å². The highest BCUT2D eigenvalue weighted by atomic mass is 35.5. The second-order valence-electron chi connectivity index (χ2n) is 4.96. The van der Waals surface area contributed by atoms with E-state index in [1.807, 2.05) is 25.1 Å². The Kier molecular flexibility index (Phi) is 6.02. The van der Waals surface area contributed by atoms with Crippen molar-refractivity contribution in [2.45, 2.75) is 13.3 Å². The first-order chi connectivity index (χ1) is 11.0. The van der Waals surface area contributed by atoms with Gasteiger partial charge in [0.15, 0.2) is 6.61 Å².